The van der Waals surface area contributed by atoms with Crippen LogP contribution >= 0.6 is 11.6 Å². The maximum Gasteiger partial charge on any atom is 0.126 e. The standard InChI is InChI=1S/C14H22ClN3/c1-2-8-16-14-7-6-12(15)13(17-14)11-18-9-4-3-5-10-18/h6-7H,2-5,8-11H2,1H3,(H,16,17). The Kier molecular flexibility index (Phi) is 5.26. The molecule has 1 aliphatic heterocycles. The van der Waals surface area contributed by atoms with E-state index in [1.54, 1.807) is 0 Å². The van der Waals surface area contributed by atoms with Gasteiger partial charge in [-0.15, -0.1) is 0 Å². The molecule has 1 saturated heterocycles. The summed E-state index contributed by atoms with van der Waals surface area (Å²) in [5.41, 5.74) is 1.000. The molecule has 1 aromatic heterocycles. The molecule has 0 amide bonds. The minimum atomic E-state index is 0.780. The Hall–Kier alpha value is -0.800. The molecule has 0 unspecified atom stereocenters. The molecule has 0 bridgehead atoms. The van der Waals surface area contributed by atoms with Crippen LogP contribution in [0.25, 0.3) is 0 Å². The van der Waals surface area contributed by atoms with E-state index in [0.29, 0.717) is 0 Å². The van der Waals surface area contributed by atoms with Crippen LogP contribution in [0.15, 0.2) is 12.1 Å². The average molecular weight is 268 g/mol. The minimum absolute atomic E-state index is 0.780. The van der Waals surface area contributed by atoms with E-state index in [1.807, 2.05) is 12.1 Å². The van der Waals surface area contributed by atoms with Crippen LogP contribution in [-0.4, -0.2) is 29.5 Å². The molecule has 0 saturated carbocycles. The minimum Gasteiger partial charge on any atom is -0.370 e. The van der Waals surface area contributed by atoms with Crippen molar-refractivity contribution in [2.75, 3.05) is 25.0 Å². The lowest BCUT2D eigenvalue weighted by Crippen LogP contribution is -2.29. The van der Waals surface area contributed by atoms with Crippen LogP contribution in [0.3, 0.4) is 0 Å². The highest BCUT2D eigenvalue weighted by Crippen LogP contribution is 2.20. The van der Waals surface area contributed by atoms with Gasteiger partial charge in [0.15, 0.2) is 0 Å². The maximum atomic E-state index is 6.23. The zero-order chi connectivity index (χ0) is 12.8. The summed E-state index contributed by atoms with van der Waals surface area (Å²) in [6, 6.07) is 3.91. The molecule has 2 heterocycles. The van der Waals surface area contributed by atoms with Crippen molar-refractivity contribution in [1.82, 2.24) is 9.88 Å². The van der Waals surface area contributed by atoms with Crippen LogP contribution in [0, 0.1) is 0 Å². The smallest absolute Gasteiger partial charge is 0.126 e. The summed E-state index contributed by atoms with van der Waals surface area (Å²) < 4.78 is 0. The van der Waals surface area contributed by atoms with E-state index in [1.165, 1.54) is 32.4 Å². The molecule has 0 spiro atoms. The Morgan fingerprint density at radius 2 is 2.06 bits per heavy atom. The second-order valence-electron chi connectivity index (χ2n) is 4.89. The summed E-state index contributed by atoms with van der Waals surface area (Å²) in [6.45, 7) is 6.32. The first-order valence-corrected chi connectivity index (χ1v) is 7.29. The van der Waals surface area contributed by atoms with Crippen LogP contribution in [0.2, 0.25) is 5.02 Å². The van der Waals surface area contributed by atoms with Gasteiger partial charge in [0.25, 0.3) is 0 Å². The topological polar surface area (TPSA) is 28.2 Å². The molecule has 0 atom stereocenters. The molecule has 18 heavy (non-hydrogen) atoms. The van der Waals surface area contributed by atoms with Crippen molar-refractivity contribution in [2.45, 2.75) is 39.2 Å². The zero-order valence-electron chi connectivity index (χ0n) is 11.1. The van der Waals surface area contributed by atoms with E-state index in [0.717, 1.165) is 36.0 Å². The van der Waals surface area contributed by atoms with Gasteiger partial charge in [0.2, 0.25) is 0 Å². The summed E-state index contributed by atoms with van der Waals surface area (Å²) >= 11 is 6.23. The van der Waals surface area contributed by atoms with Crippen molar-refractivity contribution < 1.29 is 0 Å². The Morgan fingerprint density at radius 3 is 2.78 bits per heavy atom. The van der Waals surface area contributed by atoms with E-state index >= 15 is 0 Å². The third-order valence-corrected chi connectivity index (χ3v) is 3.64. The molecule has 1 fully saturated rings. The van der Waals surface area contributed by atoms with E-state index in [-0.39, 0.29) is 0 Å². The summed E-state index contributed by atoms with van der Waals surface area (Å²) in [7, 11) is 0. The first-order chi connectivity index (χ1) is 8.79. The van der Waals surface area contributed by atoms with Gasteiger partial charge in [-0.05, 0) is 44.5 Å². The Morgan fingerprint density at radius 1 is 1.28 bits per heavy atom. The molecule has 4 heteroatoms. The van der Waals surface area contributed by atoms with Crippen molar-refractivity contribution >= 4 is 17.4 Å². The molecule has 1 aliphatic rings. The number of hydrogen-bond donors (Lipinski definition) is 1. The Labute approximate surface area is 115 Å². The number of pyridine rings is 1. The van der Waals surface area contributed by atoms with Crippen LogP contribution in [-0.2, 0) is 6.54 Å². The fraction of sp³-hybridized carbons (Fsp3) is 0.643. The van der Waals surface area contributed by atoms with Gasteiger partial charge in [-0.1, -0.05) is 24.9 Å². The largest absolute Gasteiger partial charge is 0.370 e. The van der Waals surface area contributed by atoms with Gasteiger partial charge in [0.05, 0.1) is 10.7 Å². The summed E-state index contributed by atoms with van der Waals surface area (Å²) in [6.07, 6.45) is 5.05. The summed E-state index contributed by atoms with van der Waals surface area (Å²) in [5, 5.41) is 4.09. The van der Waals surface area contributed by atoms with Crippen LogP contribution in [0.4, 0.5) is 5.82 Å². The van der Waals surface area contributed by atoms with Crippen molar-refractivity contribution in [2.24, 2.45) is 0 Å². The predicted octanol–water partition coefficient (Wildman–Crippen LogP) is 3.54. The predicted molar refractivity (Wildman–Crippen MR) is 77.2 cm³/mol. The Bertz CT molecular complexity index is 375. The average Bonchev–Trinajstić information content (AvgIpc) is 2.41. The van der Waals surface area contributed by atoms with Crippen LogP contribution < -0.4 is 5.32 Å². The van der Waals surface area contributed by atoms with Gasteiger partial charge in [-0.25, -0.2) is 4.98 Å². The lowest BCUT2D eigenvalue weighted by Gasteiger charge is -2.26. The second-order valence-corrected chi connectivity index (χ2v) is 5.30. The maximum absolute atomic E-state index is 6.23. The second kappa shape index (κ2) is 6.95. The number of nitrogens with zero attached hydrogens (tertiary/aromatic N) is 2. The molecular formula is C14H22ClN3. The normalized spacial score (nSPS) is 16.8. The first kappa shape index (κ1) is 13.6. The molecule has 1 aromatic rings. The summed E-state index contributed by atoms with van der Waals surface area (Å²) in [4.78, 5) is 7.06. The molecule has 0 aliphatic carbocycles. The molecule has 0 aromatic carbocycles. The SMILES string of the molecule is CCCNc1ccc(Cl)c(CN2CCCCC2)n1. The van der Waals surface area contributed by atoms with Gasteiger partial charge >= 0.3 is 0 Å². The fourth-order valence-electron chi connectivity index (χ4n) is 2.28. The zero-order valence-corrected chi connectivity index (χ0v) is 11.8. The van der Waals surface area contributed by atoms with Gasteiger partial charge in [-0.3, -0.25) is 4.90 Å². The van der Waals surface area contributed by atoms with E-state index < -0.39 is 0 Å². The number of likely N-dealkylation sites (tertiary alicyclic amines) is 1. The van der Waals surface area contributed by atoms with Crippen molar-refractivity contribution in [1.29, 1.82) is 0 Å². The third kappa shape index (κ3) is 3.85. The van der Waals surface area contributed by atoms with E-state index in [9.17, 15) is 0 Å². The monoisotopic (exact) mass is 267 g/mol. The van der Waals surface area contributed by atoms with Crippen LogP contribution in [0.5, 0.6) is 0 Å². The number of rotatable bonds is 5. The van der Waals surface area contributed by atoms with Gasteiger partial charge < -0.3 is 5.32 Å². The molecule has 100 valence electrons. The number of halogens is 1. The summed E-state index contributed by atoms with van der Waals surface area (Å²) in [5.74, 6) is 0.938. The highest BCUT2D eigenvalue weighted by molar-refractivity contribution is 6.31. The van der Waals surface area contributed by atoms with Crippen molar-refractivity contribution in [3.63, 3.8) is 0 Å². The number of hydrogen-bond acceptors (Lipinski definition) is 3. The number of nitrogens with one attached hydrogen (secondary N) is 1. The number of anilines is 1. The first-order valence-electron chi connectivity index (χ1n) is 6.91. The third-order valence-electron chi connectivity index (χ3n) is 3.30. The molecule has 2 rings (SSSR count). The molecular weight excluding hydrogens is 246 g/mol. The molecule has 0 radical (unpaired) electrons. The lowest BCUT2D eigenvalue weighted by molar-refractivity contribution is 0.218. The van der Waals surface area contributed by atoms with Gasteiger partial charge in [0, 0.05) is 13.1 Å². The van der Waals surface area contributed by atoms with Crippen molar-refractivity contribution in [3.8, 4) is 0 Å². The Balaban J connectivity index is 2.00. The molecule has 1 N–H and O–H groups in total. The quantitative estimate of drug-likeness (QED) is 0.884. The van der Waals surface area contributed by atoms with Gasteiger partial charge in [0.1, 0.15) is 5.82 Å². The van der Waals surface area contributed by atoms with Crippen LogP contribution in [0.1, 0.15) is 38.3 Å². The van der Waals surface area contributed by atoms with E-state index in [2.05, 4.69) is 22.1 Å². The van der Waals surface area contributed by atoms with Gasteiger partial charge in [-0.2, -0.15) is 0 Å². The highest BCUT2D eigenvalue weighted by Gasteiger charge is 2.13. The molecule has 3 nitrogen and oxygen atoms in total. The lowest BCUT2D eigenvalue weighted by atomic mass is 10.1. The van der Waals surface area contributed by atoms with E-state index in [4.69, 9.17) is 11.6 Å². The number of piperidine rings is 1. The highest BCUT2D eigenvalue weighted by atomic mass is 35.5. The fourth-order valence-corrected chi connectivity index (χ4v) is 2.44. The van der Waals surface area contributed by atoms with Crippen molar-refractivity contribution in [3.05, 3.63) is 22.8 Å². The number of aromatic nitrogens is 1.